The van der Waals surface area contributed by atoms with Crippen molar-refractivity contribution in [2.45, 2.75) is 19.4 Å². The quantitative estimate of drug-likeness (QED) is 0.743. The number of aryl methyl sites for hydroxylation is 1. The number of nitrogens with one attached hydrogen (secondary N) is 2. The van der Waals surface area contributed by atoms with E-state index in [4.69, 9.17) is 0 Å². The SMILES string of the molecule is Cn1cc(-c2cc3cc(CNC(=O)C4CCNCC4)ncc3cc2F)cn1. The van der Waals surface area contributed by atoms with Crippen LogP contribution in [-0.2, 0) is 18.4 Å². The van der Waals surface area contributed by atoms with Gasteiger partial charge in [0.25, 0.3) is 0 Å². The molecule has 7 heteroatoms. The van der Waals surface area contributed by atoms with E-state index in [2.05, 4.69) is 20.7 Å². The average Bonchev–Trinajstić information content (AvgIpc) is 3.12. The first-order valence-electron chi connectivity index (χ1n) is 9.16. The van der Waals surface area contributed by atoms with Gasteiger partial charge in [-0.25, -0.2) is 4.39 Å². The number of aromatic nitrogens is 3. The third kappa shape index (κ3) is 3.83. The van der Waals surface area contributed by atoms with Crippen LogP contribution in [0.25, 0.3) is 21.9 Å². The second-order valence-electron chi connectivity index (χ2n) is 7.00. The number of halogens is 1. The van der Waals surface area contributed by atoms with Crippen LogP contribution in [0.5, 0.6) is 0 Å². The van der Waals surface area contributed by atoms with Crippen LogP contribution in [0.2, 0.25) is 0 Å². The number of carbonyl (C=O) groups is 1. The lowest BCUT2D eigenvalue weighted by Gasteiger charge is -2.21. The number of amides is 1. The zero-order valence-electron chi connectivity index (χ0n) is 15.2. The molecule has 1 aromatic carbocycles. The van der Waals surface area contributed by atoms with Gasteiger partial charge in [0.05, 0.1) is 18.4 Å². The predicted octanol–water partition coefficient (Wildman–Crippen LogP) is 2.39. The molecule has 1 fully saturated rings. The lowest BCUT2D eigenvalue weighted by atomic mass is 9.97. The van der Waals surface area contributed by atoms with Gasteiger partial charge in [0.2, 0.25) is 5.91 Å². The molecule has 1 saturated heterocycles. The summed E-state index contributed by atoms with van der Waals surface area (Å²) in [5, 5.41) is 12.0. The van der Waals surface area contributed by atoms with Gasteiger partial charge in [-0.2, -0.15) is 5.10 Å². The van der Waals surface area contributed by atoms with Crippen LogP contribution >= 0.6 is 0 Å². The largest absolute Gasteiger partial charge is 0.350 e. The molecule has 2 N–H and O–H groups in total. The van der Waals surface area contributed by atoms with E-state index in [0.717, 1.165) is 48.0 Å². The molecule has 0 saturated carbocycles. The van der Waals surface area contributed by atoms with Gasteiger partial charge in [0.1, 0.15) is 5.82 Å². The minimum absolute atomic E-state index is 0.0676. The highest BCUT2D eigenvalue weighted by Crippen LogP contribution is 2.27. The summed E-state index contributed by atoms with van der Waals surface area (Å²) in [5.41, 5.74) is 1.99. The molecule has 1 aliphatic heterocycles. The van der Waals surface area contributed by atoms with Gasteiger partial charge in [0.15, 0.2) is 0 Å². The summed E-state index contributed by atoms with van der Waals surface area (Å²) in [6.45, 7) is 2.14. The summed E-state index contributed by atoms with van der Waals surface area (Å²) in [6, 6.07) is 5.20. The molecule has 0 aliphatic carbocycles. The number of hydrogen-bond donors (Lipinski definition) is 2. The molecule has 0 radical (unpaired) electrons. The predicted molar refractivity (Wildman–Crippen MR) is 101 cm³/mol. The summed E-state index contributed by atoms with van der Waals surface area (Å²) >= 11 is 0. The van der Waals surface area contributed by atoms with Crippen molar-refractivity contribution in [3.8, 4) is 11.1 Å². The first-order valence-corrected chi connectivity index (χ1v) is 9.16. The maximum atomic E-state index is 14.4. The summed E-state index contributed by atoms with van der Waals surface area (Å²) in [4.78, 5) is 16.7. The van der Waals surface area contributed by atoms with Crippen molar-refractivity contribution in [1.29, 1.82) is 0 Å². The maximum Gasteiger partial charge on any atom is 0.223 e. The minimum atomic E-state index is -0.302. The third-order valence-corrected chi connectivity index (χ3v) is 5.03. The number of benzene rings is 1. The second kappa shape index (κ2) is 7.44. The van der Waals surface area contributed by atoms with Gasteiger partial charge in [-0.3, -0.25) is 14.5 Å². The fourth-order valence-electron chi connectivity index (χ4n) is 3.50. The molecular weight excluding hydrogens is 345 g/mol. The summed E-state index contributed by atoms with van der Waals surface area (Å²) < 4.78 is 16.1. The molecule has 0 spiro atoms. The van der Waals surface area contributed by atoms with Gasteiger partial charge in [-0.15, -0.1) is 0 Å². The van der Waals surface area contributed by atoms with E-state index in [1.165, 1.54) is 6.07 Å². The van der Waals surface area contributed by atoms with E-state index >= 15 is 0 Å². The van der Waals surface area contributed by atoms with Gasteiger partial charge in [0, 0.05) is 41.9 Å². The molecule has 0 atom stereocenters. The van der Waals surface area contributed by atoms with Crippen LogP contribution in [0, 0.1) is 11.7 Å². The van der Waals surface area contributed by atoms with Crippen LogP contribution < -0.4 is 10.6 Å². The fraction of sp³-hybridized carbons (Fsp3) is 0.350. The number of hydrogen-bond acceptors (Lipinski definition) is 4. The van der Waals surface area contributed by atoms with Crippen molar-refractivity contribution < 1.29 is 9.18 Å². The summed E-state index contributed by atoms with van der Waals surface area (Å²) in [5.74, 6) is -0.157. The highest BCUT2D eigenvalue weighted by molar-refractivity contribution is 5.87. The minimum Gasteiger partial charge on any atom is -0.350 e. The van der Waals surface area contributed by atoms with Crippen molar-refractivity contribution in [3.63, 3.8) is 0 Å². The van der Waals surface area contributed by atoms with Gasteiger partial charge in [-0.1, -0.05) is 0 Å². The van der Waals surface area contributed by atoms with Crippen LogP contribution in [0.3, 0.4) is 0 Å². The Morgan fingerprint density at radius 1 is 1.26 bits per heavy atom. The van der Waals surface area contributed by atoms with Crippen LogP contribution in [-0.4, -0.2) is 33.8 Å². The molecule has 27 heavy (non-hydrogen) atoms. The van der Waals surface area contributed by atoms with Crippen molar-refractivity contribution in [2.75, 3.05) is 13.1 Å². The Kier molecular flexibility index (Phi) is 4.85. The van der Waals surface area contributed by atoms with Gasteiger partial charge >= 0.3 is 0 Å². The lowest BCUT2D eigenvalue weighted by molar-refractivity contribution is -0.125. The Balaban J connectivity index is 1.54. The Hall–Kier alpha value is -2.80. The summed E-state index contributed by atoms with van der Waals surface area (Å²) in [6.07, 6.45) is 6.81. The zero-order valence-corrected chi connectivity index (χ0v) is 15.2. The molecule has 6 nitrogen and oxygen atoms in total. The molecule has 1 amide bonds. The second-order valence-corrected chi connectivity index (χ2v) is 7.00. The molecule has 3 heterocycles. The normalized spacial score (nSPS) is 15.2. The Labute approximate surface area is 156 Å². The van der Waals surface area contributed by atoms with Crippen LogP contribution in [0.15, 0.2) is 36.8 Å². The standard InChI is InChI=1S/C20H22FN5O/c1-26-12-16(10-25-26)18-7-14-6-17(23-9-15(14)8-19(18)21)11-24-20(27)13-2-4-22-5-3-13/h6-10,12-13,22H,2-5,11H2,1H3,(H,24,27). The highest BCUT2D eigenvalue weighted by atomic mass is 19.1. The fourth-order valence-corrected chi connectivity index (χ4v) is 3.50. The van der Waals surface area contributed by atoms with Crippen molar-refractivity contribution in [1.82, 2.24) is 25.4 Å². The van der Waals surface area contributed by atoms with Crippen molar-refractivity contribution in [3.05, 3.63) is 48.3 Å². The number of carbonyl (C=O) groups excluding carboxylic acids is 1. The van der Waals surface area contributed by atoms with E-state index in [9.17, 15) is 9.18 Å². The molecule has 2 aromatic heterocycles. The highest BCUT2D eigenvalue weighted by Gasteiger charge is 2.20. The molecule has 140 valence electrons. The first-order chi connectivity index (χ1) is 13.1. The van der Waals surface area contributed by atoms with Crippen LogP contribution in [0.4, 0.5) is 4.39 Å². The number of nitrogens with zero attached hydrogens (tertiary/aromatic N) is 3. The topological polar surface area (TPSA) is 71.8 Å². The van der Waals surface area contributed by atoms with Crippen LogP contribution in [0.1, 0.15) is 18.5 Å². The molecule has 4 rings (SSSR count). The first kappa shape index (κ1) is 17.6. The van der Waals surface area contributed by atoms with Crippen molar-refractivity contribution in [2.24, 2.45) is 13.0 Å². The van der Waals surface area contributed by atoms with E-state index in [1.807, 2.05) is 12.1 Å². The maximum absolute atomic E-state index is 14.4. The van der Waals surface area contributed by atoms with Gasteiger partial charge < -0.3 is 10.6 Å². The lowest BCUT2D eigenvalue weighted by Crippen LogP contribution is -2.37. The Bertz CT molecular complexity index is 978. The molecular formula is C20H22FN5O. The molecule has 0 bridgehead atoms. The number of fused-ring (bicyclic) bond motifs is 1. The monoisotopic (exact) mass is 367 g/mol. The zero-order chi connectivity index (χ0) is 18.8. The molecule has 1 aliphatic rings. The average molecular weight is 367 g/mol. The number of rotatable bonds is 4. The summed E-state index contributed by atoms with van der Waals surface area (Å²) in [7, 11) is 1.80. The Morgan fingerprint density at radius 2 is 2.07 bits per heavy atom. The third-order valence-electron chi connectivity index (χ3n) is 5.03. The molecule has 0 unspecified atom stereocenters. The number of piperidine rings is 1. The smallest absolute Gasteiger partial charge is 0.223 e. The van der Waals surface area contributed by atoms with Gasteiger partial charge in [-0.05, 0) is 49.5 Å². The number of pyridine rings is 1. The van der Waals surface area contributed by atoms with E-state index in [0.29, 0.717) is 12.1 Å². The van der Waals surface area contributed by atoms with E-state index in [-0.39, 0.29) is 17.6 Å². The van der Waals surface area contributed by atoms with Crippen molar-refractivity contribution >= 4 is 16.7 Å². The van der Waals surface area contributed by atoms with E-state index < -0.39 is 0 Å². The van der Waals surface area contributed by atoms with E-state index in [1.54, 1.807) is 30.3 Å². The Morgan fingerprint density at radius 3 is 2.81 bits per heavy atom. The molecule has 3 aromatic rings.